The lowest BCUT2D eigenvalue weighted by Gasteiger charge is -2.19. The number of nitrogens with zero attached hydrogens (tertiary/aromatic N) is 3. The van der Waals surface area contributed by atoms with E-state index >= 15 is 0 Å². The normalized spacial score (nSPS) is 11.7. The van der Waals surface area contributed by atoms with E-state index in [0.717, 1.165) is 74.4 Å². The Morgan fingerprint density at radius 2 is 1.65 bits per heavy atom. The molecule has 0 aliphatic carbocycles. The van der Waals surface area contributed by atoms with E-state index in [1.54, 1.807) is 6.07 Å². The molecule has 6 aromatic rings. The van der Waals surface area contributed by atoms with Crippen LogP contribution in [0.4, 0.5) is 4.79 Å². The highest BCUT2D eigenvalue weighted by Crippen LogP contribution is 2.32. The first-order valence-corrected chi connectivity index (χ1v) is 14.7. The molecule has 0 atom stereocenters. The second-order valence-corrected chi connectivity index (χ2v) is 11.9. The number of aromatic nitrogens is 4. The molecule has 218 valence electrons. The van der Waals surface area contributed by atoms with Crippen LogP contribution in [0.5, 0.6) is 5.75 Å². The smallest absolute Gasteiger partial charge is 0.428 e. The van der Waals surface area contributed by atoms with Crippen molar-refractivity contribution < 1.29 is 14.3 Å². The Morgan fingerprint density at radius 1 is 0.907 bits per heavy atom. The van der Waals surface area contributed by atoms with Crippen molar-refractivity contribution >= 4 is 28.2 Å². The maximum Gasteiger partial charge on any atom is 0.514 e. The number of aryl methyl sites for hydroxylation is 2. The van der Waals surface area contributed by atoms with E-state index < -0.39 is 11.8 Å². The molecule has 0 spiro atoms. The fourth-order valence-electron chi connectivity index (χ4n) is 5.38. The summed E-state index contributed by atoms with van der Waals surface area (Å²) in [5.41, 5.74) is 8.56. The van der Waals surface area contributed by atoms with Crippen molar-refractivity contribution in [3.8, 4) is 28.3 Å². The Morgan fingerprint density at radius 3 is 2.40 bits per heavy atom. The van der Waals surface area contributed by atoms with E-state index in [2.05, 4.69) is 59.8 Å². The maximum absolute atomic E-state index is 12.4. The SMILES string of the molecule is CCCc1nc2c(C)cc(-c3nc4ccccc4[nH]3)cc2n1Cc1ccc(-c2ccccc2OC(=O)OC(C)(C)C)cc1. The first kappa shape index (κ1) is 28.2. The van der Waals surface area contributed by atoms with Gasteiger partial charge in [0.2, 0.25) is 0 Å². The summed E-state index contributed by atoms with van der Waals surface area (Å²) >= 11 is 0. The Labute approximate surface area is 251 Å². The predicted molar refractivity (Wildman–Crippen MR) is 171 cm³/mol. The van der Waals surface area contributed by atoms with Gasteiger partial charge in [-0.1, -0.05) is 61.5 Å². The first-order chi connectivity index (χ1) is 20.7. The molecule has 0 saturated carbocycles. The summed E-state index contributed by atoms with van der Waals surface area (Å²) in [4.78, 5) is 25.8. The molecule has 0 saturated heterocycles. The van der Waals surface area contributed by atoms with Gasteiger partial charge in [-0.05, 0) is 81.1 Å². The molecule has 4 aromatic carbocycles. The van der Waals surface area contributed by atoms with E-state index in [0.29, 0.717) is 12.3 Å². The summed E-state index contributed by atoms with van der Waals surface area (Å²) in [6.07, 6.45) is 1.18. The Bertz CT molecular complexity index is 1890. The fraction of sp³-hybridized carbons (Fsp3) is 0.250. The van der Waals surface area contributed by atoms with Crippen LogP contribution in [0.15, 0.2) is 84.9 Å². The summed E-state index contributed by atoms with van der Waals surface area (Å²) in [5.74, 6) is 2.39. The van der Waals surface area contributed by atoms with Gasteiger partial charge in [0.25, 0.3) is 0 Å². The number of para-hydroxylation sites is 3. The van der Waals surface area contributed by atoms with E-state index in [-0.39, 0.29) is 0 Å². The largest absolute Gasteiger partial charge is 0.514 e. The topological polar surface area (TPSA) is 82.0 Å². The molecule has 1 N–H and O–H groups in total. The number of imidazole rings is 2. The number of rotatable bonds is 7. The van der Waals surface area contributed by atoms with Gasteiger partial charge in [0.1, 0.15) is 23.0 Å². The molecule has 7 heteroatoms. The molecule has 0 bridgehead atoms. The van der Waals surface area contributed by atoms with Gasteiger partial charge in [0.15, 0.2) is 0 Å². The molecule has 0 amide bonds. The van der Waals surface area contributed by atoms with E-state index in [1.165, 1.54) is 0 Å². The quantitative estimate of drug-likeness (QED) is 0.153. The number of ether oxygens (including phenoxy) is 2. The molecule has 0 aliphatic rings. The van der Waals surface area contributed by atoms with Gasteiger partial charge in [0.05, 0.1) is 22.1 Å². The van der Waals surface area contributed by atoms with Gasteiger partial charge >= 0.3 is 6.16 Å². The van der Waals surface area contributed by atoms with Gasteiger partial charge < -0.3 is 19.0 Å². The average molecular weight is 573 g/mol. The molecule has 0 radical (unpaired) electrons. The van der Waals surface area contributed by atoms with Crippen molar-refractivity contribution in [2.75, 3.05) is 0 Å². The van der Waals surface area contributed by atoms with Crippen LogP contribution in [0, 0.1) is 6.92 Å². The van der Waals surface area contributed by atoms with Crippen LogP contribution in [-0.4, -0.2) is 31.3 Å². The van der Waals surface area contributed by atoms with Crippen LogP contribution < -0.4 is 4.74 Å². The summed E-state index contributed by atoms with van der Waals surface area (Å²) in [6, 6.07) is 28.3. The van der Waals surface area contributed by atoms with Gasteiger partial charge in [-0.15, -0.1) is 0 Å². The minimum Gasteiger partial charge on any atom is -0.428 e. The highest BCUT2D eigenvalue weighted by atomic mass is 16.7. The van der Waals surface area contributed by atoms with Crippen LogP contribution in [0.2, 0.25) is 0 Å². The first-order valence-electron chi connectivity index (χ1n) is 14.7. The van der Waals surface area contributed by atoms with Crippen molar-refractivity contribution in [3.63, 3.8) is 0 Å². The number of H-pyrrole nitrogens is 1. The zero-order valence-electron chi connectivity index (χ0n) is 25.3. The number of fused-ring (bicyclic) bond motifs is 2. The van der Waals surface area contributed by atoms with Crippen molar-refractivity contribution in [2.45, 2.75) is 59.6 Å². The van der Waals surface area contributed by atoms with Gasteiger partial charge in [-0.3, -0.25) is 0 Å². The number of nitrogens with one attached hydrogen (secondary N) is 1. The Kier molecular flexibility index (Phi) is 7.48. The Hall–Kier alpha value is -4.91. The molecule has 0 unspecified atom stereocenters. The second-order valence-electron chi connectivity index (χ2n) is 11.9. The van der Waals surface area contributed by atoms with Gasteiger partial charge in [-0.2, -0.15) is 0 Å². The molecule has 7 nitrogen and oxygen atoms in total. The van der Waals surface area contributed by atoms with E-state index in [1.807, 2.05) is 63.2 Å². The molecule has 0 fully saturated rings. The van der Waals surface area contributed by atoms with Crippen molar-refractivity contribution in [1.29, 1.82) is 0 Å². The summed E-state index contributed by atoms with van der Waals surface area (Å²) in [7, 11) is 0. The van der Waals surface area contributed by atoms with Crippen LogP contribution >= 0.6 is 0 Å². The number of carbonyl (C=O) groups excluding carboxylic acids is 1. The fourth-order valence-corrected chi connectivity index (χ4v) is 5.38. The third-order valence-electron chi connectivity index (χ3n) is 7.34. The molecule has 2 heterocycles. The Balaban J connectivity index is 1.32. The lowest BCUT2D eigenvalue weighted by Crippen LogP contribution is -2.26. The average Bonchev–Trinajstić information content (AvgIpc) is 3.55. The van der Waals surface area contributed by atoms with Gasteiger partial charge in [0, 0.05) is 24.1 Å². The molecule has 6 rings (SSSR count). The number of carbonyl (C=O) groups is 1. The minimum absolute atomic E-state index is 0.462. The molecular weight excluding hydrogens is 536 g/mol. The summed E-state index contributed by atoms with van der Waals surface area (Å²) in [5, 5.41) is 0. The van der Waals surface area contributed by atoms with Crippen LogP contribution in [0.3, 0.4) is 0 Å². The van der Waals surface area contributed by atoms with Crippen molar-refractivity contribution in [1.82, 2.24) is 19.5 Å². The van der Waals surface area contributed by atoms with E-state index in [9.17, 15) is 4.79 Å². The molecule has 0 aliphatic heterocycles. The van der Waals surface area contributed by atoms with Crippen molar-refractivity contribution in [3.05, 3.63) is 102 Å². The minimum atomic E-state index is -0.718. The van der Waals surface area contributed by atoms with Crippen molar-refractivity contribution in [2.24, 2.45) is 0 Å². The number of hydrogen-bond acceptors (Lipinski definition) is 5. The lowest BCUT2D eigenvalue weighted by molar-refractivity contribution is 0.0207. The highest BCUT2D eigenvalue weighted by Gasteiger charge is 2.20. The number of aromatic amines is 1. The van der Waals surface area contributed by atoms with Crippen LogP contribution in [0.1, 0.15) is 51.1 Å². The highest BCUT2D eigenvalue weighted by molar-refractivity contribution is 5.87. The molecular formula is C36H36N4O3. The third kappa shape index (κ3) is 6.02. The summed E-state index contributed by atoms with van der Waals surface area (Å²) < 4.78 is 13.3. The number of hydrogen-bond donors (Lipinski definition) is 1. The standard InChI is InChI=1S/C36H36N4O3/c1-6-11-32-39-33-23(2)20-26(34-37-28-13-8-9-14-29(28)38-34)21-30(33)40(32)22-24-16-18-25(19-17-24)27-12-7-10-15-31(27)42-35(41)43-36(3,4)5/h7-10,12-21H,6,11,22H2,1-5H3,(H,37,38). The van der Waals surface area contributed by atoms with Crippen LogP contribution in [0.25, 0.3) is 44.6 Å². The van der Waals surface area contributed by atoms with Crippen LogP contribution in [-0.2, 0) is 17.7 Å². The summed E-state index contributed by atoms with van der Waals surface area (Å²) in [6.45, 7) is 10.4. The third-order valence-corrected chi connectivity index (χ3v) is 7.34. The molecule has 2 aromatic heterocycles. The predicted octanol–water partition coefficient (Wildman–Crippen LogP) is 8.87. The molecule has 43 heavy (non-hydrogen) atoms. The zero-order chi connectivity index (χ0) is 30.1. The number of benzene rings is 4. The van der Waals surface area contributed by atoms with E-state index in [4.69, 9.17) is 19.4 Å². The van der Waals surface area contributed by atoms with Gasteiger partial charge in [-0.25, -0.2) is 14.8 Å². The lowest BCUT2D eigenvalue weighted by atomic mass is 10.0. The zero-order valence-corrected chi connectivity index (χ0v) is 25.3. The monoisotopic (exact) mass is 572 g/mol. The maximum atomic E-state index is 12.4. The second kappa shape index (κ2) is 11.4.